The lowest BCUT2D eigenvalue weighted by molar-refractivity contribution is -0.138. The van der Waals surface area contributed by atoms with E-state index in [0.717, 1.165) is 10.6 Å². The number of aryl methyl sites for hydroxylation is 1. The molecule has 1 atom stereocenters. The van der Waals surface area contributed by atoms with Gasteiger partial charge in [0.1, 0.15) is 6.61 Å². The zero-order chi connectivity index (χ0) is 14.7. The van der Waals surface area contributed by atoms with E-state index < -0.39 is 0 Å². The van der Waals surface area contributed by atoms with Gasteiger partial charge in [0, 0.05) is 15.5 Å². The van der Waals surface area contributed by atoms with Crippen LogP contribution in [0.1, 0.15) is 22.7 Å². The molecule has 0 fully saturated rings. The van der Waals surface area contributed by atoms with Crippen LogP contribution in [0.15, 0.2) is 36.1 Å². The van der Waals surface area contributed by atoms with Gasteiger partial charge in [-0.3, -0.25) is 0 Å². The molecule has 1 unspecified atom stereocenters. The average Bonchev–Trinajstić information content (AvgIpc) is 2.81. The first-order valence-corrected chi connectivity index (χ1v) is 7.38. The molecule has 1 aromatic rings. The Balaban J connectivity index is 2.36. The predicted octanol–water partition coefficient (Wildman–Crippen LogP) is 2.58. The van der Waals surface area contributed by atoms with E-state index in [1.165, 1.54) is 4.88 Å². The van der Waals surface area contributed by atoms with Crippen LogP contribution in [0.5, 0.6) is 0 Å². The topological polar surface area (TPSA) is 50.4 Å². The Hall–Kier alpha value is -1.66. The fourth-order valence-electron chi connectivity index (χ4n) is 2.00. The molecule has 106 valence electrons. The van der Waals surface area contributed by atoms with Gasteiger partial charge < -0.3 is 15.4 Å². The number of carbonyl (C=O) groups is 1. The fraction of sp³-hybridized carbons (Fsp3) is 0.286. The highest BCUT2D eigenvalue weighted by molar-refractivity contribution is 7.80. The van der Waals surface area contributed by atoms with E-state index in [4.69, 9.17) is 17.0 Å². The van der Waals surface area contributed by atoms with Crippen LogP contribution in [0, 0.1) is 6.92 Å². The maximum absolute atomic E-state index is 12.2. The van der Waals surface area contributed by atoms with E-state index in [2.05, 4.69) is 17.2 Å². The van der Waals surface area contributed by atoms with Crippen LogP contribution in [-0.2, 0) is 9.53 Å². The van der Waals surface area contributed by atoms with Crippen LogP contribution in [-0.4, -0.2) is 17.7 Å². The Morgan fingerprint density at radius 3 is 2.90 bits per heavy atom. The summed E-state index contributed by atoms with van der Waals surface area (Å²) in [5, 5.41) is 6.61. The quantitative estimate of drug-likeness (QED) is 0.509. The van der Waals surface area contributed by atoms with Crippen molar-refractivity contribution in [3.8, 4) is 0 Å². The van der Waals surface area contributed by atoms with Crippen LogP contribution in [0.3, 0.4) is 0 Å². The molecule has 2 rings (SSSR count). The second-order valence-electron chi connectivity index (χ2n) is 4.41. The van der Waals surface area contributed by atoms with Crippen LogP contribution in [0.25, 0.3) is 0 Å². The molecule has 0 saturated carbocycles. The third-order valence-corrected chi connectivity index (χ3v) is 4.15. The first-order chi connectivity index (χ1) is 9.52. The molecule has 6 heteroatoms. The SMILES string of the molecule is C=CCOC(=O)C1=C(C)NC(=S)NC1c1ccc(C)s1. The van der Waals surface area contributed by atoms with Gasteiger partial charge in [0.2, 0.25) is 0 Å². The lowest BCUT2D eigenvalue weighted by Crippen LogP contribution is -2.44. The van der Waals surface area contributed by atoms with Crippen LogP contribution >= 0.6 is 23.6 Å². The first-order valence-electron chi connectivity index (χ1n) is 6.15. The summed E-state index contributed by atoms with van der Waals surface area (Å²) in [5.41, 5.74) is 1.28. The summed E-state index contributed by atoms with van der Waals surface area (Å²) in [6, 6.07) is 3.76. The summed E-state index contributed by atoms with van der Waals surface area (Å²) in [6.07, 6.45) is 1.55. The van der Waals surface area contributed by atoms with Gasteiger partial charge in [0.05, 0.1) is 11.6 Å². The van der Waals surface area contributed by atoms with Crippen molar-refractivity contribution in [2.24, 2.45) is 0 Å². The van der Waals surface area contributed by atoms with E-state index in [9.17, 15) is 4.79 Å². The van der Waals surface area contributed by atoms with Gasteiger partial charge in [0.15, 0.2) is 5.11 Å². The number of thiophene rings is 1. The van der Waals surface area contributed by atoms with Crippen molar-refractivity contribution < 1.29 is 9.53 Å². The van der Waals surface area contributed by atoms with Crippen molar-refractivity contribution in [2.45, 2.75) is 19.9 Å². The van der Waals surface area contributed by atoms with E-state index in [0.29, 0.717) is 10.7 Å². The Kier molecular flexibility index (Phi) is 4.57. The molecule has 2 heterocycles. The van der Waals surface area contributed by atoms with E-state index >= 15 is 0 Å². The van der Waals surface area contributed by atoms with Gasteiger partial charge in [-0.15, -0.1) is 11.3 Å². The highest BCUT2D eigenvalue weighted by atomic mass is 32.1. The summed E-state index contributed by atoms with van der Waals surface area (Å²) in [5.74, 6) is -0.360. The van der Waals surface area contributed by atoms with Gasteiger partial charge in [-0.05, 0) is 38.2 Å². The van der Waals surface area contributed by atoms with E-state index in [-0.39, 0.29) is 18.6 Å². The van der Waals surface area contributed by atoms with Gasteiger partial charge in [-0.1, -0.05) is 12.7 Å². The van der Waals surface area contributed by atoms with E-state index in [1.807, 2.05) is 26.0 Å². The maximum atomic E-state index is 12.2. The average molecular weight is 308 g/mol. The Morgan fingerprint density at radius 1 is 1.55 bits per heavy atom. The minimum absolute atomic E-state index is 0.191. The molecule has 0 aliphatic carbocycles. The molecule has 0 aromatic carbocycles. The zero-order valence-corrected chi connectivity index (χ0v) is 13.0. The minimum Gasteiger partial charge on any atom is -0.458 e. The molecule has 1 aromatic heterocycles. The second kappa shape index (κ2) is 6.19. The molecular formula is C14H16N2O2S2. The summed E-state index contributed by atoms with van der Waals surface area (Å²) < 4.78 is 5.16. The van der Waals surface area contributed by atoms with Crippen molar-refractivity contribution >= 4 is 34.6 Å². The predicted molar refractivity (Wildman–Crippen MR) is 84.5 cm³/mol. The number of esters is 1. The number of thiocarbonyl (C=S) groups is 1. The number of hydrogen-bond acceptors (Lipinski definition) is 4. The minimum atomic E-state index is -0.360. The summed E-state index contributed by atoms with van der Waals surface area (Å²) in [6.45, 7) is 7.59. The Labute approximate surface area is 127 Å². The van der Waals surface area contributed by atoms with Crippen molar-refractivity contribution in [3.63, 3.8) is 0 Å². The molecule has 0 spiro atoms. The number of rotatable bonds is 4. The third kappa shape index (κ3) is 3.08. The fourth-order valence-corrected chi connectivity index (χ4v) is 3.21. The molecule has 0 amide bonds. The van der Waals surface area contributed by atoms with E-state index in [1.54, 1.807) is 17.4 Å². The number of hydrogen-bond donors (Lipinski definition) is 2. The van der Waals surface area contributed by atoms with Gasteiger partial charge in [-0.2, -0.15) is 0 Å². The largest absolute Gasteiger partial charge is 0.458 e. The Bertz CT molecular complexity index is 590. The van der Waals surface area contributed by atoms with Crippen LogP contribution < -0.4 is 10.6 Å². The smallest absolute Gasteiger partial charge is 0.338 e. The van der Waals surface area contributed by atoms with Crippen molar-refractivity contribution in [3.05, 3.63) is 45.8 Å². The molecule has 20 heavy (non-hydrogen) atoms. The van der Waals surface area contributed by atoms with Gasteiger partial charge in [-0.25, -0.2) is 4.79 Å². The van der Waals surface area contributed by atoms with Crippen molar-refractivity contribution in [1.82, 2.24) is 10.6 Å². The highest BCUT2D eigenvalue weighted by Crippen LogP contribution is 2.32. The van der Waals surface area contributed by atoms with Crippen LogP contribution in [0.2, 0.25) is 0 Å². The van der Waals surface area contributed by atoms with Crippen LogP contribution in [0.4, 0.5) is 0 Å². The molecule has 4 nitrogen and oxygen atoms in total. The Morgan fingerprint density at radius 2 is 2.30 bits per heavy atom. The molecular weight excluding hydrogens is 292 g/mol. The number of allylic oxidation sites excluding steroid dienone is 1. The standard InChI is InChI=1S/C14H16N2O2S2/c1-4-7-18-13(17)11-9(3)15-14(19)16-12(11)10-6-5-8(2)20-10/h4-6,12H,1,7H2,2-3H3,(H2,15,16,19). The van der Waals surface area contributed by atoms with Gasteiger partial charge in [0.25, 0.3) is 0 Å². The molecule has 0 radical (unpaired) electrons. The second-order valence-corrected chi connectivity index (χ2v) is 6.13. The highest BCUT2D eigenvalue weighted by Gasteiger charge is 2.31. The number of nitrogens with one attached hydrogen (secondary N) is 2. The molecule has 1 aliphatic rings. The third-order valence-electron chi connectivity index (χ3n) is 2.87. The molecule has 0 bridgehead atoms. The number of ether oxygens (including phenoxy) is 1. The zero-order valence-electron chi connectivity index (χ0n) is 11.4. The molecule has 1 aliphatic heterocycles. The summed E-state index contributed by atoms with van der Waals surface area (Å²) >= 11 is 6.80. The first kappa shape index (κ1) is 14.7. The monoisotopic (exact) mass is 308 g/mol. The normalized spacial score (nSPS) is 18.3. The maximum Gasteiger partial charge on any atom is 0.338 e. The number of carbonyl (C=O) groups excluding carboxylic acids is 1. The van der Waals surface area contributed by atoms with Crippen molar-refractivity contribution in [1.29, 1.82) is 0 Å². The lowest BCUT2D eigenvalue weighted by atomic mass is 10.0. The summed E-state index contributed by atoms with van der Waals surface area (Å²) in [7, 11) is 0. The van der Waals surface area contributed by atoms with Gasteiger partial charge >= 0.3 is 5.97 Å². The summed E-state index contributed by atoms with van der Waals surface area (Å²) in [4.78, 5) is 14.4. The molecule has 0 saturated heterocycles. The molecule has 2 N–H and O–H groups in total. The van der Waals surface area contributed by atoms with Crippen molar-refractivity contribution in [2.75, 3.05) is 6.61 Å². The lowest BCUT2D eigenvalue weighted by Gasteiger charge is -2.28.